The number of hydrogen-bond donors (Lipinski definition) is 2. The lowest BCUT2D eigenvalue weighted by Gasteiger charge is -2.10. The Morgan fingerprint density at radius 1 is 1.18 bits per heavy atom. The Hall–Kier alpha value is -1.92. The number of aromatic nitrogens is 3. The van der Waals surface area contributed by atoms with E-state index >= 15 is 0 Å². The van der Waals surface area contributed by atoms with Gasteiger partial charge in [-0.2, -0.15) is 10.1 Å². The van der Waals surface area contributed by atoms with E-state index in [0.29, 0.717) is 18.3 Å². The number of anilines is 2. The molecule has 0 aliphatic heterocycles. The van der Waals surface area contributed by atoms with Crippen molar-refractivity contribution in [2.45, 2.75) is 13.0 Å². The molecule has 1 aromatic heterocycles. The van der Waals surface area contributed by atoms with E-state index in [1.54, 1.807) is 6.20 Å². The second kappa shape index (κ2) is 8.51. The predicted octanol–water partition coefficient (Wildman–Crippen LogP) is 2.50. The number of nitrogens with zero attached hydrogens (tertiary/aromatic N) is 4. The van der Waals surface area contributed by atoms with Crippen molar-refractivity contribution in [1.29, 1.82) is 0 Å². The number of benzene rings is 1. The summed E-state index contributed by atoms with van der Waals surface area (Å²) in [6.45, 7) is 2.43. The Balaban J connectivity index is 1.85. The molecule has 0 saturated carbocycles. The molecule has 0 spiro atoms. The van der Waals surface area contributed by atoms with Crippen LogP contribution in [0.25, 0.3) is 0 Å². The Kier molecular flexibility index (Phi) is 6.36. The number of rotatable bonds is 8. The molecule has 2 aromatic rings. The minimum Gasteiger partial charge on any atom is -0.364 e. The van der Waals surface area contributed by atoms with Crippen LogP contribution in [0.4, 0.5) is 11.8 Å². The summed E-state index contributed by atoms with van der Waals surface area (Å²) in [6.07, 6.45) is 2.62. The van der Waals surface area contributed by atoms with Gasteiger partial charge < -0.3 is 15.5 Å². The number of halogens is 1. The van der Waals surface area contributed by atoms with Crippen molar-refractivity contribution in [3.05, 3.63) is 41.0 Å². The highest BCUT2D eigenvalue weighted by Crippen LogP contribution is 2.16. The van der Waals surface area contributed by atoms with Gasteiger partial charge in [0.05, 0.1) is 6.20 Å². The van der Waals surface area contributed by atoms with Crippen LogP contribution in [0.2, 0.25) is 5.02 Å². The van der Waals surface area contributed by atoms with E-state index < -0.39 is 0 Å². The molecule has 1 aromatic carbocycles. The van der Waals surface area contributed by atoms with Crippen molar-refractivity contribution in [2.24, 2.45) is 0 Å². The van der Waals surface area contributed by atoms with Crippen LogP contribution >= 0.6 is 11.6 Å². The first-order chi connectivity index (χ1) is 10.6. The van der Waals surface area contributed by atoms with Crippen LogP contribution in [0.3, 0.4) is 0 Å². The predicted molar refractivity (Wildman–Crippen MR) is 90.3 cm³/mol. The molecular weight excluding hydrogens is 300 g/mol. The van der Waals surface area contributed by atoms with Gasteiger partial charge in [-0.1, -0.05) is 29.8 Å². The van der Waals surface area contributed by atoms with Crippen LogP contribution in [-0.4, -0.2) is 47.3 Å². The van der Waals surface area contributed by atoms with Crippen LogP contribution in [0, 0.1) is 0 Å². The third-order valence-electron chi connectivity index (χ3n) is 3.04. The van der Waals surface area contributed by atoms with Gasteiger partial charge in [0.2, 0.25) is 5.95 Å². The van der Waals surface area contributed by atoms with Gasteiger partial charge in [-0.3, -0.25) is 0 Å². The van der Waals surface area contributed by atoms with Crippen molar-refractivity contribution in [3.8, 4) is 0 Å². The minimum atomic E-state index is 0.530. The first-order valence-electron chi connectivity index (χ1n) is 7.21. The monoisotopic (exact) mass is 320 g/mol. The fourth-order valence-electron chi connectivity index (χ4n) is 1.89. The average molecular weight is 321 g/mol. The topological polar surface area (TPSA) is 66.0 Å². The van der Waals surface area contributed by atoms with Crippen LogP contribution in [0.5, 0.6) is 0 Å². The van der Waals surface area contributed by atoms with Gasteiger partial charge in [0.15, 0.2) is 5.82 Å². The highest BCUT2D eigenvalue weighted by Gasteiger charge is 2.02. The van der Waals surface area contributed by atoms with Gasteiger partial charge in [0.25, 0.3) is 0 Å². The van der Waals surface area contributed by atoms with Crippen LogP contribution in [-0.2, 0) is 6.54 Å². The molecule has 0 bridgehead atoms. The molecule has 0 fully saturated rings. The Morgan fingerprint density at radius 2 is 2.00 bits per heavy atom. The third-order valence-corrected chi connectivity index (χ3v) is 3.41. The van der Waals surface area contributed by atoms with Gasteiger partial charge in [0.1, 0.15) is 0 Å². The summed E-state index contributed by atoms with van der Waals surface area (Å²) in [5, 5.41) is 15.0. The van der Waals surface area contributed by atoms with Crippen LogP contribution in [0.1, 0.15) is 12.0 Å². The molecule has 118 valence electrons. The summed E-state index contributed by atoms with van der Waals surface area (Å²) in [5.41, 5.74) is 1.02. The highest BCUT2D eigenvalue weighted by molar-refractivity contribution is 6.31. The molecule has 2 rings (SSSR count). The lowest BCUT2D eigenvalue weighted by molar-refractivity contribution is 0.405. The highest BCUT2D eigenvalue weighted by atomic mass is 35.5. The molecule has 22 heavy (non-hydrogen) atoms. The second-order valence-corrected chi connectivity index (χ2v) is 5.60. The molecule has 7 heteroatoms. The summed E-state index contributed by atoms with van der Waals surface area (Å²) >= 11 is 6.13. The average Bonchev–Trinajstić information content (AvgIpc) is 2.51. The van der Waals surface area contributed by atoms with E-state index in [-0.39, 0.29) is 0 Å². The maximum atomic E-state index is 6.13. The lowest BCUT2D eigenvalue weighted by atomic mass is 10.2. The van der Waals surface area contributed by atoms with E-state index in [4.69, 9.17) is 11.6 Å². The SMILES string of the molecule is CN(C)CCCNc1nncc(NCc2ccccc2Cl)n1. The number of hydrogen-bond acceptors (Lipinski definition) is 6. The van der Waals surface area contributed by atoms with Gasteiger partial charge in [-0.05, 0) is 38.7 Å². The van der Waals surface area contributed by atoms with Crippen molar-refractivity contribution in [2.75, 3.05) is 37.8 Å². The van der Waals surface area contributed by atoms with Gasteiger partial charge in [-0.15, -0.1) is 5.10 Å². The summed E-state index contributed by atoms with van der Waals surface area (Å²) in [6, 6.07) is 7.71. The first-order valence-corrected chi connectivity index (χ1v) is 7.58. The third kappa shape index (κ3) is 5.46. The molecule has 0 aliphatic rings. The zero-order valence-corrected chi connectivity index (χ0v) is 13.6. The van der Waals surface area contributed by atoms with E-state index in [2.05, 4.69) is 44.8 Å². The number of nitrogens with one attached hydrogen (secondary N) is 2. The van der Waals surface area contributed by atoms with Gasteiger partial charge >= 0.3 is 0 Å². The van der Waals surface area contributed by atoms with E-state index in [1.165, 1.54) is 0 Å². The van der Waals surface area contributed by atoms with Crippen LogP contribution in [0.15, 0.2) is 30.5 Å². The fourth-order valence-corrected chi connectivity index (χ4v) is 2.09. The van der Waals surface area contributed by atoms with E-state index in [1.807, 2.05) is 24.3 Å². The van der Waals surface area contributed by atoms with Crippen molar-refractivity contribution in [3.63, 3.8) is 0 Å². The molecular formula is C15H21ClN6. The Bertz CT molecular complexity index is 590. The second-order valence-electron chi connectivity index (χ2n) is 5.19. The van der Waals surface area contributed by atoms with Crippen molar-refractivity contribution in [1.82, 2.24) is 20.1 Å². The molecule has 0 amide bonds. The van der Waals surface area contributed by atoms with Gasteiger partial charge in [-0.25, -0.2) is 0 Å². The largest absolute Gasteiger partial charge is 0.364 e. The zero-order valence-electron chi connectivity index (χ0n) is 12.9. The summed E-state index contributed by atoms with van der Waals surface area (Å²) < 4.78 is 0. The van der Waals surface area contributed by atoms with Gasteiger partial charge in [0, 0.05) is 18.1 Å². The molecule has 6 nitrogen and oxygen atoms in total. The maximum Gasteiger partial charge on any atom is 0.244 e. The summed E-state index contributed by atoms with van der Waals surface area (Å²) in [7, 11) is 4.11. The first kappa shape index (κ1) is 16.5. The standard InChI is InChI=1S/C15H21ClN6/c1-22(2)9-5-8-17-15-20-14(11-19-21-15)18-10-12-6-3-4-7-13(12)16/h3-4,6-7,11H,5,8-10H2,1-2H3,(H2,17,18,20,21). The molecule has 0 atom stereocenters. The molecule has 0 unspecified atom stereocenters. The zero-order chi connectivity index (χ0) is 15.8. The maximum absolute atomic E-state index is 6.13. The fraction of sp³-hybridized carbons (Fsp3) is 0.400. The smallest absolute Gasteiger partial charge is 0.244 e. The molecule has 2 N–H and O–H groups in total. The normalized spacial score (nSPS) is 10.7. The minimum absolute atomic E-state index is 0.530. The molecule has 0 radical (unpaired) electrons. The Morgan fingerprint density at radius 3 is 2.77 bits per heavy atom. The van der Waals surface area contributed by atoms with Crippen molar-refractivity contribution < 1.29 is 0 Å². The van der Waals surface area contributed by atoms with E-state index in [9.17, 15) is 0 Å². The molecule has 0 saturated heterocycles. The van der Waals surface area contributed by atoms with Crippen molar-refractivity contribution >= 4 is 23.4 Å². The summed E-state index contributed by atoms with van der Waals surface area (Å²) in [4.78, 5) is 6.52. The lowest BCUT2D eigenvalue weighted by Crippen LogP contribution is -2.17. The van der Waals surface area contributed by atoms with E-state index in [0.717, 1.165) is 30.1 Å². The summed E-state index contributed by atoms with van der Waals surface area (Å²) in [5.74, 6) is 1.20. The van der Waals surface area contributed by atoms with Crippen LogP contribution < -0.4 is 10.6 Å². The molecule has 0 aliphatic carbocycles. The quantitative estimate of drug-likeness (QED) is 0.729. The Labute approximate surface area is 135 Å². The molecule has 1 heterocycles.